The molecule has 1 aromatic heterocycles. The van der Waals surface area contributed by atoms with Gasteiger partial charge >= 0.3 is 6.09 Å². The molecule has 0 bridgehead atoms. The summed E-state index contributed by atoms with van der Waals surface area (Å²) in [5, 5.41) is 11.5. The first kappa shape index (κ1) is 27.7. The van der Waals surface area contributed by atoms with E-state index < -0.39 is 11.4 Å². The highest BCUT2D eigenvalue weighted by Crippen LogP contribution is 2.50. The van der Waals surface area contributed by atoms with E-state index in [1.54, 1.807) is 9.80 Å². The maximum atomic E-state index is 14.2. The molecule has 2 amide bonds. The fraction of sp³-hybridized carbons (Fsp3) is 0.593. The summed E-state index contributed by atoms with van der Waals surface area (Å²) >= 11 is 0. The van der Waals surface area contributed by atoms with Crippen LogP contribution in [0.5, 0.6) is 11.6 Å². The van der Waals surface area contributed by atoms with E-state index in [1.807, 2.05) is 41.5 Å². The van der Waals surface area contributed by atoms with Gasteiger partial charge in [-0.2, -0.15) is 0 Å². The Morgan fingerprint density at radius 2 is 1.97 bits per heavy atom. The van der Waals surface area contributed by atoms with Crippen molar-refractivity contribution in [2.75, 3.05) is 26.2 Å². The number of carbonyl (C=O) groups is 2. The summed E-state index contributed by atoms with van der Waals surface area (Å²) in [6.07, 6.45) is 2.57. The largest absolute Gasteiger partial charge is 0.444 e. The SMILES string of the molecule is CCN(C(=O)c1cc(F)ccc1Oc1nncnc1C1NCC12CCN(C(=O)OC(C)(C)C)CC2)C(C)C. The van der Waals surface area contributed by atoms with Crippen molar-refractivity contribution in [3.8, 4) is 11.6 Å². The Morgan fingerprint density at radius 1 is 1.26 bits per heavy atom. The molecule has 11 heteroatoms. The predicted octanol–water partition coefficient (Wildman–Crippen LogP) is 4.34. The predicted molar refractivity (Wildman–Crippen MR) is 138 cm³/mol. The van der Waals surface area contributed by atoms with Crippen molar-refractivity contribution in [1.82, 2.24) is 30.3 Å². The molecule has 10 nitrogen and oxygen atoms in total. The van der Waals surface area contributed by atoms with Crippen LogP contribution in [0.2, 0.25) is 0 Å². The standard InChI is InChI=1S/C27H37FN6O4/c1-7-34(17(2)3)24(35)19-14-18(28)8-9-20(19)37-23-21(30-16-31-32-23)22-27(15-29-22)10-12-33(13-11-27)25(36)38-26(4,5)6/h8-9,14,16-17,22,29H,7,10-13,15H2,1-6H3. The molecule has 3 heterocycles. The number of aromatic nitrogens is 3. The van der Waals surface area contributed by atoms with Gasteiger partial charge in [0.15, 0.2) is 0 Å². The van der Waals surface area contributed by atoms with E-state index >= 15 is 0 Å². The maximum Gasteiger partial charge on any atom is 0.410 e. The Labute approximate surface area is 222 Å². The fourth-order valence-electron chi connectivity index (χ4n) is 5.11. The van der Waals surface area contributed by atoms with E-state index in [4.69, 9.17) is 9.47 Å². The van der Waals surface area contributed by atoms with Gasteiger partial charge in [0.1, 0.15) is 29.2 Å². The summed E-state index contributed by atoms with van der Waals surface area (Å²) in [5.41, 5.74) is -0.00431. The highest BCUT2D eigenvalue weighted by molar-refractivity contribution is 5.97. The number of amides is 2. The summed E-state index contributed by atoms with van der Waals surface area (Å²) in [7, 11) is 0. The Morgan fingerprint density at radius 3 is 2.55 bits per heavy atom. The van der Waals surface area contributed by atoms with Crippen LogP contribution in [0.15, 0.2) is 24.5 Å². The van der Waals surface area contributed by atoms with Crippen LogP contribution in [-0.4, -0.2) is 74.8 Å². The fourth-order valence-corrected chi connectivity index (χ4v) is 5.11. The van der Waals surface area contributed by atoms with Gasteiger partial charge in [0, 0.05) is 37.6 Å². The van der Waals surface area contributed by atoms with Crippen molar-refractivity contribution in [3.05, 3.63) is 41.6 Å². The molecular weight excluding hydrogens is 491 g/mol. The molecule has 0 aliphatic carbocycles. The van der Waals surface area contributed by atoms with Crippen LogP contribution in [0.3, 0.4) is 0 Å². The van der Waals surface area contributed by atoms with Crippen molar-refractivity contribution in [2.24, 2.45) is 5.41 Å². The lowest BCUT2D eigenvalue weighted by Crippen LogP contribution is -2.61. The number of carbonyl (C=O) groups excluding carboxylic acids is 2. The second-order valence-electron chi connectivity index (χ2n) is 11.2. The van der Waals surface area contributed by atoms with Gasteiger partial charge in [-0.25, -0.2) is 14.2 Å². The topological polar surface area (TPSA) is 110 Å². The summed E-state index contributed by atoms with van der Waals surface area (Å²) in [4.78, 5) is 33.7. The zero-order valence-electron chi connectivity index (χ0n) is 23.0. The van der Waals surface area contributed by atoms with E-state index in [-0.39, 0.29) is 46.7 Å². The van der Waals surface area contributed by atoms with Gasteiger partial charge in [-0.05, 0) is 72.6 Å². The van der Waals surface area contributed by atoms with Crippen LogP contribution in [0, 0.1) is 11.2 Å². The maximum absolute atomic E-state index is 14.2. The monoisotopic (exact) mass is 528 g/mol. The number of piperidine rings is 1. The highest BCUT2D eigenvalue weighted by atomic mass is 19.1. The first-order chi connectivity index (χ1) is 17.9. The number of benzene rings is 1. The summed E-state index contributed by atoms with van der Waals surface area (Å²) in [5.74, 6) is -0.517. The van der Waals surface area contributed by atoms with Gasteiger partial charge in [-0.1, -0.05) is 0 Å². The Balaban J connectivity index is 1.55. The Kier molecular flexibility index (Phi) is 7.87. The molecular formula is C27H37FN6O4. The van der Waals surface area contributed by atoms with Crippen molar-refractivity contribution < 1.29 is 23.5 Å². The van der Waals surface area contributed by atoms with E-state index in [2.05, 4.69) is 20.5 Å². The Bertz CT molecular complexity index is 1180. The van der Waals surface area contributed by atoms with Gasteiger partial charge in [-0.15, -0.1) is 10.2 Å². The molecule has 2 aromatic rings. The van der Waals surface area contributed by atoms with Crippen LogP contribution >= 0.6 is 0 Å². The molecule has 206 valence electrons. The molecule has 1 aromatic carbocycles. The average molecular weight is 529 g/mol. The van der Waals surface area contributed by atoms with Crippen LogP contribution in [0.1, 0.15) is 76.5 Å². The van der Waals surface area contributed by atoms with Crippen molar-refractivity contribution in [2.45, 2.75) is 72.1 Å². The molecule has 0 radical (unpaired) electrons. The lowest BCUT2D eigenvalue weighted by atomic mass is 9.66. The van der Waals surface area contributed by atoms with E-state index in [0.29, 0.717) is 25.3 Å². The van der Waals surface area contributed by atoms with E-state index in [1.165, 1.54) is 24.5 Å². The van der Waals surface area contributed by atoms with Crippen LogP contribution in [0.4, 0.5) is 9.18 Å². The van der Waals surface area contributed by atoms with Gasteiger partial charge < -0.3 is 24.6 Å². The quantitative estimate of drug-likeness (QED) is 0.590. The number of halogens is 1. The van der Waals surface area contributed by atoms with Gasteiger partial charge in [0.25, 0.3) is 11.8 Å². The second-order valence-corrected chi connectivity index (χ2v) is 11.2. The molecule has 1 unspecified atom stereocenters. The third-order valence-corrected chi connectivity index (χ3v) is 7.17. The summed E-state index contributed by atoms with van der Waals surface area (Å²) in [6.45, 7) is 13.6. The normalized spacial score (nSPS) is 18.7. The minimum Gasteiger partial charge on any atom is -0.444 e. The summed E-state index contributed by atoms with van der Waals surface area (Å²) in [6, 6.07) is 3.62. The number of hydrogen-bond donors (Lipinski definition) is 1. The van der Waals surface area contributed by atoms with Crippen molar-refractivity contribution >= 4 is 12.0 Å². The molecule has 4 rings (SSSR count). The Hall–Kier alpha value is -3.34. The molecule has 2 aliphatic rings. The van der Waals surface area contributed by atoms with E-state index in [9.17, 15) is 14.0 Å². The summed E-state index contributed by atoms with van der Waals surface area (Å²) < 4.78 is 25.8. The molecule has 2 fully saturated rings. The molecule has 2 saturated heterocycles. The molecule has 1 spiro atoms. The number of rotatable bonds is 6. The average Bonchev–Trinajstić information content (AvgIpc) is 2.84. The molecule has 1 N–H and O–H groups in total. The second kappa shape index (κ2) is 10.8. The number of nitrogens with one attached hydrogen (secondary N) is 1. The number of likely N-dealkylation sites (tertiary alicyclic amines) is 1. The van der Waals surface area contributed by atoms with Crippen LogP contribution in [0.25, 0.3) is 0 Å². The number of nitrogens with zero attached hydrogens (tertiary/aromatic N) is 5. The zero-order valence-corrected chi connectivity index (χ0v) is 23.0. The lowest BCUT2D eigenvalue weighted by molar-refractivity contribution is -0.0197. The third-order valence-electron chi connectivity index (χ3n) is 7.17. The number of hydrogen-bond acceptors (Lipinski definition) is 8. The van der Waals surface area contributed by atoms with Crippen LogP contribution in [-0.2, 0) is 4.74 Å². The van der Waals surface area contributed by atoms with Crippen molar-refractivity contribution in [1.29, 1.82) is 0 Å². The van der Waals surface area contributed by atoms with Gasteiger partial charge in [-0.3, -0.25) is 4.79 Å². The first-order valence-corrected chi connectivity index (χ1v) is 13.1. The zero-order chi connectivity index (χ0) is 27.7. The van der Waals surface area contributed by atoms with Crippen molar-refractivity contribution in [3.63, 3.8) is 0 Å². The third kappa shape index (κ3) is 5.72. The van der Waals surface area contributed by atoms with Gasteiger partial charge in [0.05, 0.1) is 11.6 Å². The number of ether oxygens (including phenoxy) is 2. The minimum atomic E-state index is -0.546. The molecule has 2 aliphatic heterocycles. The smallest absolute Gasteiger partial charge is 0.410 e. The minimum absolute atomic E-state index is 0.0667. The van der Waals surface area contributed by atoms with Gasteiger partial charge in [0.2, 0.25) is 0 Å². The van der Waals surface area contributed by atoms with E-state index in [0.717, 1.165) is 19.4 Å². The lowest BCUT2D eigenvalue weighted by Gasteiger charge is -2.54. The first-order valence-electron chi connectivity index (χ1n) is 13.1. The molecule has 0 saturated carbocycles. The molecule has 38 heavy (non-hydrogen) atoms. The molecule has 1 atom stereocenters. The highest BCUT2D eigenvalue weighted by Gasteiger charge is 2.51. The van der Waals surface area contributed by atoms with Crippen LogP contribution < -0.4 is 10.1 Å².